The summed E-state index contributed by atoms with van der Waals surface area (Å²) in [6.45, 7) is 9.24. The zero-order valence-corrected chi connectivity index (χ0v) is 10.7. The molecule has 4 nitrogen and oxygen atoms in total. The van der Waals surface area contributed by atoms with Gasteiger partial charge in [0.2, 0.25) is 5.91 Å². The Morgan fingerprint density at radius 1 is 1.56 bits per heavy atom. The minimum atomic E-state index is -0.211. The molecule has 1 saturated heterocycles. The molecule has 0 aromatic carbocycles. The minimum absolute atomic E-state index is 0.128. The highest BCUT2D eigenvalue weighted by molar-refractivity contribution is 5.79. The Bertz CT molecular complexity index is 232. The zero-order chi connectivity index (χ0) is 12.1. The van der Waals surface area contributed by atoms with Crippen LogP contribution in [0.5, 0.6) is 0 Å². The summed E-state index contributed by atoms with van der Waals surface area (Å²) in [5.74, 6) is 0.423. The van der Waals surface area contributed by atoms with Gasteiger partial charge in [0.25, 0.3) is 0 Å². The van der Waals surface area contributed by atoms with Gasteiger partial charge in [-0.3, -0.25) is 9.69 Å². The highest BCUT2D eigenvalue weighted by Crippen LogP contribution is 2.21. The molecule has 16 heavy (non-hydrogen) atoms. The molecule has 1 aliphatic rings. The van der Waals surface area contributed by atoms with Crippen LogP contribution in [-0.4, -0.2) is 42.5 Å². The maximum Gasteiger partial charge on any atom is 0.234 e. The fourth-order valence-corrected chi connectivity index (χ4v) is 2.54. The van der Waals surface area contributed by atoms with Gasteiger partial charge >= 0.3 is 0 Å². The Labute approximate surface area is 98.6 Å². The second-order valence-corrected chi connectivity index (χ2v) is 4.69. The molecule has 3 atom stereocenters. The van der Waals surface area contributed by atoms with Gasteiger partial charge in [-0.15, -0.1) is 0 Å². The highest BCUT2D eigenvalue weighted by Gasteiger charge is 2.30. The van der Waals surface area contributed by atoms with Crippen molar-refractivity contribution in [3.8, 4) is 0 Å². The highest BCUT2D eigenvalue weighted by atomic mass is 16.1. The second kappa shape index (κ2) is 6.21. The van der Waals surface area contributed by atoms with Crippen LogP contribution in [0.2, 0.25) is 0 Å². The second-order valence-electron chi connectivity index (χ2n) is 4.69. The number of amides is 1. The van der Waals surface area contributed by atoms with E-state index >= 15 is 0 Å². The number of likely N-dealkylation sites (tertiary alicyclic amines) is 1. The summed E-state index contributed by atoms with van der Waals surface area (Å²) in [7, 11) is 0. The molecular formula is C12H25N3O. The van der Waals surface area contributed by atoms with E-state index in [-0.39, 0.29) is 11.9 Å². The summed E-state index contributed by atoms with van der Waals surface area (Å²) in [6, 6.07) is 0.475. The predicted molar refractivity (Wildman–Crippen MR) is 66.1 cm³/mol. The molecule has 1 amide bonds. The molecule has 0 bridgehead atoms. The summed E-state index contributed by atoms with van der Waals surface area (Å²) in [5, 5.41) is 3.53. The molecule has 1 fully saturated rings. The summed E-state index contributed by atoms with van der Waals surface area (Å²) in [6.07, 6.45) is 2.27. The summed E-state index contributed by atoms with van der Waals surface area (Å²) in [5.41, 5.74) is 5.35. The molecule has 1 aliphatic heterocycles. The first-order chi connectivity index (χ1) is 7.60. The topological polar surface area (TPSA) is 58.4 Å². The standard InChI is InChI=1S/C12H25N3O/c1-4-10-8-15(9(3)12(13)16)7-6-11(10)14-5-2/h9-11,14H,4-8H2,1-3H3,(H2,13,16). The van der Waals surface area contributed by atoms with Crippen molar-refractivity contribution in [2.75, 3.05) is 19.6 Å². The van der Waals surface area contributed by atoms with Crippen LogP contribution in [0.1, 0.15) is 33.6 Å². The normalized spacial score (nSPS) is 28.9. The van der Waals surface area contributed by atoms with Gasteiger partial charge in [-0.05, 0) is 25.8 Å². The molecule has 0 radical (unpaired) electrons. The molecule has 3 N–H and O–H groups in total. The molecule has 0 saturated carbocycles. The number of piperidine rings is 1. The van der Waals surface area contributed by atoms with Crippen molar-refractivity contribution in [1.29, 1.82) is 0 Å². The summed E-state index contributed by atoms with van der Waals surface area (Å²) < 4.78 is 0. The fraction of sp³-hybridized carbons (Fsp3) is 0.917. The van der Waals surface area contributed by atoms with E-state index in [1.165, 1.54) is 0 Å². The third-order valence-electron chi connectivity index (χ3n) is 3.72. The number of hydrogen-bond donors (Lipinski definition) is 2. The third-order valence-corrected chi connectivity index (χ3v) is 3.72. The Hall–Kier alpha value is -0.610. The van der Waals surface area contributed by atoms with Crippen molar-refractivity contribution in [1.82, 2.24) is 10.2 Å². The molecule has 3 unspecified atom stereocenters. The fourth-order valence-electron chi connectivity index (χ4n) is 2.54. The van der Waals surface area contributed by atoms with E-state index in [1.54, 1.807) is 0 Å². The lowest BCUT2D eigenvalue weighted by Gasteiger charge is -2.40. The number of carbonyl (C=O) groups excluding carboxylic acids is 1. The van der Waals surface area contributed by atoms with Gasteiger partial charge in [-0.1, -0.05) is 20.3 Å². The van der Waals surface area contributed by atoms with E-state index in [1.807, 2.05) is 6.92 Å². The molecule has 0 aromatic heterocycles. The lowest BCUT2D eigenvalue weighted by atomic mass is 9.89. The lowest BCUT2D eigenvalue weighted by Crippen LogP contribution is -2.54. The third kappa shape index (κ3) is 3.19. The van der Waals surface area contributed by atoms with E-state index in [0.717, 1.165) is 32.5 Å². The molecule has 4 heteroatoms. The average molecular weight is 227 g/mol. The van der Waals surface area contributed by atoms with E-state index in [2.05, 4.69) is 24.1 Å². The van der Waals surface area contributed by atoms with Gasteiger partial charge in [-0.25, -0.2) is 0 Å². The van der Waals surface area contributed by atoms with Crippen LogP contribution in [0.25, 0.3) is 0 Å². The van der Waals surface area contributed by atoms with Crippen LogP contribution in [0, 0.1) is 5.92 Å². The van der Waals surface area contributed by atoms with Crippen LogP contribution in [-0.2, 0) is 4.79 Å². The van der Waals surface area contributed by atoms with Gasteiger partial charge in [0, 0.05) is 19.1 Å². The van der Waals surface area contributed by atoms with Crippen LogP contribution >= 0.6 is 0 Å². The summed E-state index contributed by atoms with van der Waals surface area (Å²) >= 11 is 0. The Morgan fingerprint density at radius 3 is 2.75 bits per heavy atom. The predicted octanol–water partition coefficient (Wildman–Crippen LogP) is 0.570. The van der Waals surface area contributed by atoms with Crippen LogP contribution in [0.3, 0.4) is 0 Å². The van der Waals surface area contributed by atoms with Gasteiger partial charge in [-0.2, -0.15) is 0 Å². The van der Waals surface area contributed by atoms with Gasteiger partial charge in [0.05, 0.1) is 6.04 Å². The lowest BCUT2D eigenvalue weighted by molar-refractivity contribution is -0.123. The smallest absolute Gasteiger partial charge is 0.234 e. The number of rotatable bonds is 5. The Morgan fingerprint density at radius 2 is 2.25 bits per heavy atom. The SMILES string of the molecule is CCNC1CCN(C(C)C(N)=O)CC1CC. The van der Waals surface area contributed by atoms with Crippen molar-refractivity contribution in [3.63, 3.8) is 0 Å². The quantitative estimate of drug-likeness (QED) is 0.722. The largest absolute Gasteiger partial charge is 0.368 e. The van der Waals surface area contributed by atoms with Crippen LogP contribution < -0.4 is 11.1 Å². The number of nitrogens with two attached hydrogens (primary N) is 1. The minimum Gasteiger partial charge on any atom is -0.368 e. The molecular weight excluding hydrogens is 202 g/mol. The first-order valence-corrected chi connectivity index (χ1v) is 6.36. The number of nitrogens with zero attached hydrogens (tertiary/aromatic N) is 1. The summed E-state index contributed by atoms with van der Waals surface area (Å²) in [4.78, 5) is 13.4. The molecule has 0 aliphatic carbocycles. The zero-order valence-electron chi connectivity index (χ0n) is 10.7. The van der Waals surface area contributed by atoms with Crippen molar-refractivity contribution >= 4 is 5.91 Å². The number of nitrogens with one attached hydrogen (secondary N) is 1. The first-order valence-electron chi connectivity index (χ1n) is 6.36. The average Bonchev–Trinajstić information content (AvgIpc) is 2.29. The van der Waals surface area contributed by atoms with E-state index in [9.17, 15) is 4.79 Å². The number of primary amides is 1. The number of carbonyl (C=O) groups is 1. The van der Waals surface area contributed by atoms with Gasteiger partial charge in [0.15, 0.2) is 0 Å². The first kappa shape index (κ1) is 13.5. The molecule has 1 heterocycles. The maximum absolute atomic E-state index is 11.2. The molecule has 0 spiro atoms. The van der Waals surface area contributed by atoms with E-state index in [4.69, 9.17) is 5.73 Å². The van der Waals surface area contributed by atoms with Crippen LogP contribution in [0.15, 0.2) is 0 Å². The Balaban J connectivity index is 2.54. The van der Waals surface area contributed by atoms with Gasteiger partial charge < -0.3 is 11.1 Å². The van der Waals surface area contributed by atoms with Crippen molar-refractivity contribution < 1.29 is 4.79 Å². The van der Waals surface area contributed by atoms with E-state index < -0.39 is 0 Å². The van der Waals surface area contributed by atoms with Crippen molar-refractivity contribution in [2.45, 2.75) is 45.7 Å². The van der Waals surface area contributed by atoms with Crippen molar-refractivity contribution in [2.24, 2.45) is 11.7 Å². The Kier molecular flexibility index (Phi) is 5.22. The van der Waals surface area contributed by atoms with Crippen LogP contribution in [0.4, 0.5) is 0 Å². The number of hydrogen-bond acceptors (Lipinski definition) is 3. The maximum atomic E-state index is 11.2. The van der Waals surface area contributed by atoms with E-state index in [0.29, 0.717) is 12.0 Å². The van der Waals surface area contributed by atoms with Gasteiger partial charge in [0.1, 0.15) is 0 Å². The molecule has 0 aromatic rings. The molecule has 1 rings (SSSR count). The molecule has 94 valence electrons. The monoisotopic (exact) mass is 227 g/mol. The van der Waals surface area contributed by atoms with Crippen molar-refractivity contribution in [3.05, 3.63) is 0 Å².